The van der Waals surface area contributed by atoms with Crippen LogP contribution < -0.4 is 9.47 Å². The van der Waals surface area contributed by atoms with E-state index in [0.29, 0.717) is 24.7 Å². The van der Waals surface area contributed by atoms with E-state index in [9.17, 15) is 5.11 Å². The van der Waals surface area contributed by atoms with Crippen molar-refractivity contribution in [3.63, 3.8) is 0 Å². The monoisotopic (exact) mass is 321 g/mol. The number of aliphatic hydroxyl groups is 1. The maximum atomic E-state index is 9.63. The molecule has 1 N–H and O–H groups in total. The lowest BCUT2D eigenvalue weighted by atomic mass is 10.1. The molecule has 0 fully saturated rings. The number of hydrogen-bond acceptors (Lipinski definition) is 4. The summed E-state index contributed by atoms with van der Waals surface area (Å²) in [4.78, 5) is 4.08. The minimum atomic E-state index is -0.529. The van der Waals surface area contributed by atoms with Gasteiger partial charge < -0.3 is 14.6 Å². The number of rotatable bonds is 3. The number of benzene rings is 1. The fraction of sp³-hybridized carbons (Fsp3) is 0.214. The second-order valence-electron chi connectivity index (χ2n) is 4.33. The molecule has 2 heterocycles. The second-order valence-corrected chi connectivity index (χ2v) is 5.24. The molecule has 0 saturated heterocycles. The Labute approximate surface area is 119 Å². The first-order chi connectivity index (χ1) is 9.22. The van der Waals surface area contributed by atoms with E-state index in [2.05, 4.69) is 20.9 Å². The van der Waals surface area contributed by atoms with Gasteiger partial charge in [0.25, 0.3) is 0 Å². The van der Waals surface area contributed by atoms with Crippen LogP contribution in [0.15, 0.2) is 41.1 Å². The summed E-state index contributed by atoms with van der Waals surface area (Å²) in [5, 5.41) is 9.63. The van der Waals surface area contributed by atoms with Crippen molar-refractivity contribution >= 4 is 15.9 Å². The Morgan fingerprint density at radius 3 is 3.11 bits per heavy atom. The first-order valence-electron chi connectivity index (χ1n) is 5.89. The lowest BCUT2D eigenvalue weighted by Crippen LogP contribution is -1.97. The zero-order valence-electron chi connectivity index (χ0n) is 10.0. The standard InChI is InChI=1S/C14H12BrNO3/c15-10-3-9(5-16-6-10)7-18-11-1-2-12-13(17)8-19-14(12)4-11/h1-6,13,17H,7-8H2. The quantitative estimate of drug-likeness (QED) is 0.944. The predicted octanol–water partition coefficient (Wildman–Crippen LogP) is 2.85. The third-order valence-electron chi connectivity index (χ3n) is 2.91. The molecular formula is C14H12BrNO3. The average molecular weight is 322 g/mol. The minimum absolute atomic E-state index is 0.314. The van der Waals surface area contributed by atoms with E-state index in [1.54, 1.807) is 18.5 Å². The molecule has 4 nitrogen and oxygen atoms in total. The lowest BCUT2D eigenvalue weighted by Gasteiger charge is -2.08. The van der Waals surface area contributed by atoms with Crippen molar-refractivity contribution in [2.75, 3.05) is 6.61 Å². The molecule has 1 atom stereocenters. The third-order valence-corrected chi connectivity index (χ3v) is 3.34. The van der Waals surface area contributed by atoms with Crippen LogP contribution in [-0.2, 0) is 6.61 Å². The van der Waals surface area contributed by atoms with Gasteiger partial charge in [0.15, 0.2) is 0 Å². The summed E-state index contributed by atoms with van der Waals surface area (Å²) in [6.07, 6.45) is 2.96. The van der Waals surface area contributed by atoms with Crippen LogP contribution in [0.25, 0.3) is 0 Å². The fourth-order valence-electron chi connectivity index (χ4n) is 1.96. The van der Waals surface area contributed by atoms with Crippen LogP contribution in [0.4, 0.5) is 0 Å². The van der Waals surface area contributed by atoms with E-state index in [0.717, 1.165) is 15.6 Å². The van der Waals surface area contributed by atoms with Crippen molar-refractivity contribution in [1.82, 2.24) is 4.98 Å². The summed E-state index contributed by atoms with van der Waals surface area (Å²) in [6, 6.07) is 7.43. The molecule has 0 amide bonds. The topological polar surface area (TPSA) is 51.6 Å². The zero-order valence-corrected chi connectivity index (χ0v) is 11.6. The third kappa shape index (κ3) is 2.72. The Morgan fingerprint density at radius 1 is 1.37 bits per heavy atom. The number of aliphatic hydroxyl groups excluding tert-OH is 1. The Kier molecular flexibility index (Phi) is 3.40. The van der Waals surface area contributed by atoms with Crippen LogP contribution in [-0.4, -0.2) is 16.7 Å². The molecule has 0 bridgehead atoms. The Balaban J connectivity index is 1.71. The van der Waals surface area contributed by atoms with Gasteiger partial charge in [0.05, 0.1) is 0 Å². The molecule has 1 aromatic heterocycles. The van der Waals surface area contributed by atoms with E-state index in [4.69, 9.17) is 9.47 Å². The number of halogens is 1. The summed E-state index contributed by atoms with van der Waals surface area (Å²) in [5.74, 6) is 1.41. The molecule has 1 aliphatic heterocycles. The van der Waals surface area contributed by atoms with Crippen molar-refractivity contribution in [1.29, 1.82) is 0 Å². The SMILES string of the molecule is OC1COc2cc(OCc3cncc(Br)c3)ccc21. The molecule has 3 rings (SSSR count). The Bertz CT molecular complexity index is 603. The van der Waals surface area contributed by atoms with Crippen LogP contribution in [0.2, 0.25) is 0 Å². The van der Waals surface area contributed by atoms with Crippen LogP contribution in [0.1, 0.15) is 17.2 Å². The van der Waals surface area contributed by atoms with Crippen molar-refractivity contribution in [2.45, 2.75) is 12.7 Å². The lowest BCUT2D eigenvalue weighted by molar-refractivity contribution is 0.140. The van der Waals surface area contributed by atoms with Gasteiger partial charge in [-0.05, 0) is 34.1 Å². The number of nitrogens with zero attached hydrogens (tertiary/aromatic N) is 1. The van der Waals surface area contributed by atoms with E-state index < -0.39 is 6.10 Å². The van der Waals surface area contributed by atoms with Gasteiger partial charge in [0, 0.05) is 34.1 Å². The van der Waals surface area contributed by atoms with Gasteiger partial charge in [-0.25, -0.2) is 0 Å². The zero-order chi connectivity index (χ0) is 13.2. The molecular weight excluding hydrogens is 310 g/mol. The summed E-state index contributed by atoms with van der Waals surface area (Å²) in [5.41, 5.74) is 1.80. The molecule has 0 saturated carbocycles. The van der Waals surface area contributed by atoms with Gasteiger partial charge in [-0.15, -0.1) is 0 Å². The first-order valence-corrected chi connectivity index (χ1v) is 6.69. The highest BCUT2D eigenvalue weighted by atomic mass is 79.9. The van der Waals surface area contributed by atoms with Crippen molar-refractivity contribution < 1.29 is 14.6 Å². The number of hydrogen-bond donors (Lipinski definition) is 1. The van der Waals surface area contributed by atoms with Crippen molar-refractivity contribution in [3.8, 4) is 11.5 Å². The number of aromatic nitrogens is 1. The minimum Gasteiger partial charge on any atom is -0.490 e. The highest BCUT2D eigenvalue weighted by Gasteiger charge is 2.21. The highest BCUT2D eigenvalue weighted by molar-refractivity contribution is 9.10. The Morgan fingerprint density at radius 2 is 2.26 bits per heavy atom. The predicted molar refractivity (Wildman–Crippen MR) is 73.2 cm³/mol. The van der Waals surface area contributed by atoms with Gasteiger partial charge in [0.2, 0.25) is 0 Å². The number of fused-ring (bicyclic) bond motifs is 1. The summed E-state index contributed by atoms with van der Waals surface area (Å²) in [7, 11) is 0. The largest absolute Gasteiger partial charge is 0.490 e. The van der Waals surface area contributed by atoms with E-state index in [1.807, 2.05) is 18.2 Å². The van der Waals surface area contributed by atoms with Gasteiger partial charge >= 0.3 is 0 Å². The summed E-state index contributed by atoms with van der Waals surface area (Å²) >= 11 is 3.37. The molecule has 19 heavy (non-hydrogen) atoms. The molecule has 98 valence electrons. The van der Waals surface area contributed by atoms with Crippen molar-refractivity contribution in [3.05, 3.63) is 52.3 Å². The van der Waals surface area contributed by atoms with Crippen LogP contribution >= 0.6 is 15.9 Å². The van der Waals surface area contributed by atoms with E-state index in [1.165, 1.54) is 0 Å². The van der Waals surface area contributed by atoms with E-state index >= 15 is 0 Å². The van der Waals surface area contributed by atoms with Gasteiger partial charge in [-0.3, -0.25) is 4.98 Å². The molecule has 5 heteroatoms. The highest BCUT2D eigenvalue weighted by Crippen LogP contribution is 2.35. The first kappa shape index (κ1) is 12.4. The molecule has 2 aromatic rings. The maximum absolute atomic E-state index is 9.63. The van der Waals surface area contributed by atoms with Crippen molar-refractivity contribution in [2.24, 2.45) is 0 Å². The van der Waals surface area contributed by atoms with Gasteiger partial charge in [-0.2, -0.15) is 0 Å². The number of ether oxygens (including phenoxy) is 2. The molecule has 1 aliphatic rings. The summed E-state index contributed by atoms with van der Waals surface area (Å²) < 4.78 is 12.0. The smallest absolute Gasteiger partial charge is 0.129 e. The Hall–Kier alpha value is -1.59. The molecule has 0 spiro atoms. The molecule has 1 unspecified atom stereocenters. The molecule has 1 aromatic carbocycles. The van der Waals surface area contributed by atoms with Gasteiger partial charge in [-0.1, -0.05) is 0 Å². The second kappa shape index (κ2) is 5.19. The van der Waals surface area contributed by atoms with E-state index in [-0.39, 0.29) is 0 Å². The van der Waals surface area contributed by atoms with Crippen LogP contribution in [0, 0.1) is 0 Å². The molecule has 0 radical (unpaired) electrons. The van der Waals surface area contributed by atoms with Gasteiger partial charge in [0.1, 0.15) is 30.8 Å². The maximum Gasteiger partial charge on any atom is 0.129 e. The van der Waals surface area contributed by atoms with Crippen LogP contribution in [0.3, 0.4) is 0 Å². The molecule has 0 aliphatic carbocycles. The van der Waals surface area contributed by atoms with Crippen LogP contribution in [0.5, 0.6) is 11.5 Å². The summed E-state index contributed by atoms with van der Waals surface area (Å²) in [6.45, 7) is 0.752. The fourth-order valence-corrected chi connectivity index (χ4v) is 2.38. The average Bonchev–Trinajstić information content (AvgIpc) is 2.78. The normalized spacial score (nSPS) is 16.8. The number of pyridine rings is 1.